The summed E-state index contributed by atoms with van der Waals surface area (Å²) >= 11 is 0. The third-order valence-corrected chi connectivity index (χ3v) is 4.81. The first-order valence-electron chi connectivity index (χ1n) is 6.43. The number of sulfonamides is 1. The molecule has 0 aromatic heterocycles. The van der Waals surface area contributed by atoms with Crippen molar-refractivity contribution >= 4 is 15.7 Å². The van der Waals surface area contributed by atoms with E-state index in [9.17, 15) is 22.9 Å². The Hall–Kier alpha value is -1.80. The van der Waals surface area contributed by atoms with Gasteiger partial charge < -0.3 is 0 Å². The Kier molecular flexibility index (Phi) is 4.38. The topological polar surface area (TPSA) is 89.3 Å². The van der Waals surface area contributed by atoms with E-state index >= 15 is 0 Å². The Balaban J connectivity index is 2.35. The number of benzene rings is 1. The van der Waals surface area contributed by atoms with Gasteiger partial charge in [0.2, 0.25) is 15.8 Å². The lowest BCUT2D eigenvalue weighted by Gasteiger charge is -2.19. The number of nitrogens with zero attached hydrogens (tertiary/aromatic N) is 1. The minimum absolute atomic E-state index is 0.0758. The second-order valence-corrected chi connectivity index (χ2v) is 6.65. The number of halogens is 1. The van der Waals surface area contributed by atoms with Gasteiger partial charge in [-0.3, -0.25) is 10.1 Å². The number of hydrogen-bond acceptors (Lipinski definition) is 4. The fraction of sp³-hybridized carbons (Fsp3) is 0.385. The molecule has 0 spiro atoms. The van der Waals surface area contributed by atoms with Crippen molar-refractivity contribution in [2.45, 2.75) is 37.1 Å². The molecule has 0 fully saturated rings. The summed E-state index contributed by atoms with van der Waals surface area (Å²) in [5.74, 6) is -1.01. The number of hydrogen-bond donors (Lipinski definition) is 1. The fourth-order valence-corrected chi connectivity index (χ4v) is 3.58. The van der Waals surface area contributed by atoms with E-state index in [4.69, 9.17) is 0 Å². The molecule has 0 bridgehead atoms. The molecule has 1 aromatic carbocycles. The molecule has 21 heavy (non-hydrogen) atoms. The highest BCUT2D eigenvalue weighted by Gasteiger charge is 2.26. The lowest BCUT2D eigenvalue weighted by Crippen LogP contribution is -2.35. The van der Waals surface area contributed by atoms with Crippen LogP contribution in [0.3, 0.4) is 0 Å². The van der Waals surface area contributed by atoms with Crippen molar-refractivity contribution in [1.82, 2.24) is 4.72 Å². The van der Waals surface area contributed by atoms with Gasteiger partial charge in [-0.15, -0.1) is 0 Å². The van der Waals surface area contributed by atoms with Crippen LogP contribution in [0.5, 0.6) is 0 Å². The largest absolute Gasteiger partial charge is 0.306 e. The summed E-state index contributed by atoms with van der Waals surface area (Å²) in [6.45, 7) is 1.30. The van der Waals surface area contributed by atoms with Crippen LogP contribution in [0.25, 0.3) is 0 Å². The normalized spacial score (nSPS) is 18.7. The molecule has 1 aliphatic rings. The van der Waals surface area contributed by atoms with Crippen molar-refractivity contribution < 1.29 is 17.7 Å². The Morgan fingerprint density at radius 1 is 1.38 bits per heavy atom. The Bertz CT molecular complexity index is 700. The molecular formula is C13H15FN2O4S. The highest BCUT2D eigenvalue weighted by atomic mass is 32.2. The maximum absolute atomic E-state index is 13.6. The summed E-state index contributed by atoms with van der Waals surface area (Å²) in [6.07, 6.45) is 5.86. The van der Waals surface area contributed by atoms with Crippen LogP contribution in [-0.4, -0.2) is 19.4 Å². The van der Waals surface area contributed by atoms with Crippen molar-refractivity contribution in [3.8, 4) is 0 Å². The number of rotatable bonds is 4. The summed E-state index contributed by atoms with van der Waals surface area (Å²) < 4.78 is 40.6. The highest BCUT2D eigenvalue weighted by molar-refractivity contribution is 7.89. The zero-order valence-electron chi connectivity index (χ0n) is 11.4. The molecule has 0 aliphatic heterocycles. The number of nitro groups is 1. The van der Waals surface area contributed by atoms with Gasteiger partial charge in [0.1, 0.15) is 0 Å². The predicted molar refractivity (Wildman–Crippen MR) is 74.9 cm³/mol. The monoisotopic (exact) mass is 314 g/mol. The van der Waals surface area contributed by atoms with Crippen molar-refractivity contribution in [2.75, 3.05) is 0 Å². The number of nitro benzene ring substituents is 1. The van der Waals surface area contributed by atoms with Crippen LogP contribution >= 0.6 is 0 Å². The van der Waals surface area contributed by atoms with E-state index in [1.54, 1.807) is 0 Å². The van der Waals surface area contributed by atoms with Crippen molar-refractivity contribution in [2.24, 2.45) is 0 Å². The Labute approximate surface area is 121 Å². The van der Waals surface area contributed by atoms with Crippen molar-refractivity contribution in [3.05, 3.63) is 45.8 Å². The summed E-state index contributed by atoms with van der Waals surface area (Å²) in [6, 6.07) is 1.61. The zero-order valence-corrected chi connectivity index (χ0v) is 12.2. The van der Waals surface area contributed by atoms with Crippen LogP contribution < -0.4 is 4.72 Å². The third kappa shape index (κ3) is 3.45. The third-order valence-electron chi connectivity index (χ3n) is 3.31. The van der Waals surface area contributed by atoms with E-state index in [1.807, 2.05) is 12.2 Å². The Morgan fingerprint density at radius 3 is 2.67 bits per heavy atom. The molecule has 0 heterocycles. The van der Waals surface area contributed by atoms with Gasteiger partial charge >= 0.3 is 5.69 Å². The summed E-state index contributed by atoms with van der Waals surface area (Å²) in [4.78, 5) is 9.57. The molecule has 0 saturated carbocycles. The molecule has 8 heteroatoms. The first kappa shape index (κ1) is 15.6. The van der Waals surface area contributed by atoms with Gasteiger partial charge in [-0.05, 0) is 37.8 Å². The fourth-order valence-electron chi connectivity index (χ4n) is 2.19. The molecule has 1 unspecified atom stereocenters. The minimum Gasteiger partial charge on any atom is -0.258 e. The van der Waals surface area contributed by atoms with E-state index in [-0.39, 0.29) is 16.5 Å². The summed E-state index contributed by atoms with van der Waals surface area (Å²) in [5, 5.41) is 10.8. The molecule has 1 aliphatic carbocycles. The van der Waals surface area contributed by atoms with Crippen LogP contribution in [0.2, 0.25) is 0 Å². The van der Waals surface area contributed by atoms with Gasteiger partial charge in [-0.2, -0.15) is 4.39 Å². The van der Waals surface area contributed by atoms with Crippen molar-refractivity contribution in [1.29, 1.82) is 0 Å². The van der Waals surface area contributed by atoms with Gasteiger partial charge in [0.15, 0.2) is 0 Å². The quantitative estimate of drug-likeness (QED) is 0.525. The maximum atomic E-state index is 13.6. The van der Waals surface area contributed by atoms with Gasteiger partial charge in [0.05, 0.1) is 9.82 Å². The predicted octanol–water partition coefficient (Wildman–Crippen LogP) is 2.43. The molecule has 1 atom stereocenters. The molecule has 1 N–H and O–H groups in total. The average molecular weight is 314 g/mol. The number of allylic oxidation sites excluding steroid dienone is 1. The van der Waals surface area contributed by atoms with Gasteiger partial charge in [-0.1, -0.05) is 12.2 Å². The van der Waals surface area contributed by atoms with E-state index in [1.165, 1.54) is 6.92 Å². The first-order valence-corrected chi connectivity index (χ1v) is 7.91. The molecular weight excluding hydrogens is 299 g/mol. The average Bonchev–Trinajstić information content (AvgIpc) is 2.41. The van der Waals surface area contributed by atoms with Crippen molar-refractivity contribution in [3.63, 3.8) is 0 Å². The molecule has 6 nitrogen and oxygen atoms in total. The SMILES string of the molecule is Cc1cc(S(=O)(=O)NC2CC=CCC2)cc([N+](=O)[O-])c1F. The van der Waals surface area contributed by atoms with Crippen LogP contribution in [0.4, 0.5) is 10.1 Å². The van der Waals surface area contributed by atoms with Gasteiger partial charge in [-0.25, -0.2) is 13.1 Å². The lowest BCUT2D eigenvalue weighted by molar-refractivity contribution is -0.387. The number of nitrogens with one attached hydrogen (secondary N) is 1. The zero-order chi connectivity index (χ0) is 15.6. The standard InChI is InChI=1S/C13H15FN2O4S/c1-9-7-11(8-12(13(9)14)16(17)18)21(19,20)15-10-5-3-2-4-6-10/h2-3,7-8,10,15H,4-6H2,1H3. The van der Waals surface area contributed by atoms with E-state index < -0.39 is 26.5 Å². The minimum atomic E-state index is -3.91. The van der Waals surface area contributed by atoms with Crippen LogP contribution in [-0.2, 0) is 10.0 Å². The van der Waals surface area contributed by atoms with E-state index in [0.29, 0.717) is 12.8 Å². The summed E-state index contributed by atoms with van der Waals surface area (Å²) in [5.41, 5.74) is -0.910. The molecule has 114 valence electrons. The van der Waals surface area contributed by atoms with E-state index in [0.717, 1.165) is 18.6 Å². The van der Waals surface area contributed by atoms with Crippen LogP contribution in [0.15, 0.2) is 29.2 Å². The number of aryl methyl sites for hydroxylation is 1. The first-order chi connectivity index (χ1) is 9.81. The molecule has 0 amide bonds. The second kappa shape index (κ2) is 5.90. The maximum Gasteiger partial charge on any atom is 0.306 e. The smallest absolute Gasteiger partial charge is 0.258 e. The van der Waals surface area contributed by atoms with Crippen LogP contribution in [0.1, 0.15) is 24.8 Å². The highest BCUT2D eigenvalue weighted by Crippen LogP contribution is 2.25. The molecule has 1 aromatic rings. The molecule has 2 rings (SSSR count). The second-order valence-electron chi connectivity index (χ2n) is 4.93. The van der Waals surface area contributed by atoms with E-state index in [2.05, 4.69) is 4.72 Å². The lowest BCUT2D eigenvalue weighted by atomic mass is 10.0. The molecule has 0 radical (unpaired) electrons. The van der Waals surface area contributed by atoms with Crippen LogP contribution in [0, 0.1) is 22.9 Å². The summed E-state index contributed by atoms with van der Waals surface area (Å²) in [7, 11) is -3.91. The Morgan fingerprint density at radius 2 is 2.10 bits per heavy atom. The molecule has 0 saturated heterocycles. The van der Waals surface area contributed by atoms with Gasteiger partial charge in [0.25, 0.3) is 0 Å². The van der Waals surface area contributed by atoms with Gasteiger partial charge in [0, 0.05) is 12.1 Å².